The van der Waals surface area contributed by atoms with Gasteiger partial charge in [-0.15, -0.1) is 11.3 Å². The summed E-state index contributed by atoms with van der Waals surface area (Å²) in [5.74, 6) is -0.103. The van der Waals surface area contributed by atoms with E-state index in [1.165, 1.54) is 29.0 Å². The fourth-order valence-electron chi connectivity index (χ4n) is 6.28. The molecule has 2 amide bonds. The normalized spacial score (nSPS) is 16.8. The maximum atomic E-state index is 13.3. The van der Waals surface area contributed by atoms with Crippen molar-refractivity contribution in [2.24, 2.45) is 11.5 Å². The van der Waals surface area contributed by atoms with Crippen molar-refractivity contribution in [3.63, 3.8) is 0 Å². The highest BCUT2D eigenvalue weighted by atomic mass is 35.5. The summed E-state index contributed by atoms with van der Waals surface area (Å²) >= 11 is 13.0. The lowest BCUT2D eigenvalue weighted by Gasteiger charge is -2.36. The molecule has 0 spiro atoms. The van der Waals surface area contributed by atoms with E-state index in [0.717, 1.165) is 49.2 Å². The van der Waals surface area contributed by atoms with Gasteiger partial charge in [0.25, 0.3) is 0 Å². The molecule has 9 nitrogen and oxygen atoms in total. The average Bonchev–Trinajstić information content (AvgIpc) is 3.60. The highest BCUT2D eigenvalue weighted by Crippen LogP contribution is 2.41. The molecule has 4 aromatic rings. The zero-order valence-corrected chi connectivity index (χ0v) is 31.8. The first kappa shape index (κ1) is 40.6. The van der Waals surface area contributed by atoms with Crippen LogP contribution in [-0.2, 0) is 35.2 Å². The molecular weight excluding hydrogens is 746 g/mol. The van der Waals surface area contributed by atoms with Crippen LogP contribution in [0.15, 0.2) is 79.1 Å². The number of benzene rings is 2. The van der Waals surface area contributed by atoms with Crippen LogP contribution >= 0.6 is 34.5 Å². The Morgan fingerprint density at radius 3 is 2.00 bits per heavy atom. The Labute approximate surface area is 322 Å². The number of likely N-dealkylation sites (N-methyl/N-ethyl adjacent to an activating group) is 1. The van der Waals surface area contributed by atoms with Crippen molar-refractivity contribution >= 4 is 46.4 Å². The van der Waals surface area contributed by atoms with Crippen LogP contribution in [0.2, 0.25) is 10.0 Å². The topological polar surface area (TPSA) is 112 Å². The van der Waals surface area contributed by atoms with Crippen LogP contribution in [0, 0.1) is 0 Å². The Kier molecular flexibility index (Phi) is 14.3. The first-order valence-corrected chi connectivity index (χ1v) is 18.9. The molecule has 0 aliphatic carbocycles. The Bertz CT molecular complexity index is 1810. The molecule has 2 fully saturated rings. The van der Waals surface area contributed by atoms with Gasteiger partial charge in [0.05, 0.1) is 17.6 Å². The number of hydrogen-bond donors (Lipinski definition) is 2. The molecule has 2 unspecified atom stereocenters. The quantitative estimate of drug-likeness (QED) is 0.225. The molecule has 284 valence electrons. The fraction of sp³-hybridized carbons (Fsp3) is 0.395. The molecule has 4 N–H and O–H groups in total. The van der Waals surface area contributed by atoms with Crippen LogP contribution in [0.25, 0.3) is 10.4 Å². The van der Waals surface area contributed by atoms with Crippen LogP contribution in [0.3, 0.4) is 0 Å². The number of hydrogen-bond acceptors (Lipinski definition) is 8. The maximum absolute atomic E-state index is 13.3. The number of amides is 2. The van der Waals surface area contributed by atoms with E-state index in [2.05, 4.69) is 14.8 Å². The van der Waals surface area contributed by atoms with E-state index in [1.807, 2.05) is 60.7 Å². The van der Waals surface area contributed by atoms with Gasteiger partial charge >= 0.3 is 6.18 Å². The first-order valence-electron chi connectivity index (χ1n) is 17.4. The van der Waals surface area contributed by atoms with Crippen LogP contribution < -0.4 is 11.5 Å². The molecule has 2 aromatic heterocycles. The second-order valence-electron chi connectivity index (χ2n) is 13.3. The third-order valence-electron chi connectivity index (χ3n) is 9.27. The van der Waals surface area contributed by atoms with Crippen molar-refractivity contribution in [3.05, 3.63) is 111 Å². The lowest BCUT2D eigenvalue weighted by atomic mass is 10.1. The van der Waals surface area contributed by atoms with Gasteiger partial charge in [-0.05, 0) is 73.1 Å². The number of pyridine rings is 1. The summed E-state index contributed by atoms with van der Waals surface area (Å²) < 4.78 is 40.0. The van der Waals surface area contributed by atoms with Crippen molar-refractivity contribution in [3.8, 4) is 10.4 Å². The Hall–Kier alpha value is -3.56. The minimum atomic E-state index is -4.50. The number of nitrogens with zero attached hydrogens (tertiary/aromatic N) is 5. The van der Waals surface area contributed by atoms with Crippen molar-refractivity contribution in [1.29, 1.82) is 0 Å². The Morgan fingerprint density at radius 2 is 1.38 bits per heavy atom. The van der Waals surface area contributed by atoms with E-state index in [-0.39, 0.29) is 22.4 Å². The summed E-state index contributed by atoms with van der Waals surface area (Å²) in [5.41, 5.74) is 13.8. The minimum Gasteiger partial charge on any atom is -0.339 e. The molecule has 15 heteroatoms. The predicted octanol–water partition coefficient (Wildman–Crippen LogP) is 5.68. The number of carbonyl (C=O) groups excluding carboxylic acids is 2. The molecule has 2 aliphatic rings. The average molecular weight is 791 g/mol. The Balaban J connectivity index is 0.000000206. The maximum Gasteiger partial charge on any atom is 0.417 e. The minimum absolute atomic E-state index is 0.0172. The summed E-state index contributed by atoms with van der Waals surface area (Å²) in [6.07, 6.45) is -0.0759. The Morgan fingerprint density at radius 1 is 0.774 bits per heavy atom. The standard InChI is InChI=1S/C19H21ClF3N3OS.C19H23ClN4O/c1-25-6-8-26(9-7-25)18(27)16(24)11-13-3-5-17(28-13)14-4-2-12(20)10-15(14)19(21,22)23;20-17-3-1-2-16(12-17)13-18(21)19(25)24-10-8-23(9-11-24)14-15-4-6-22-7-5-15/h2-5,10,16H,6-9,11,24H2,1H3;1-7,12,18H,8-11,13-14,21H2. The monoisotopic (exact) mass is 789 g/mol. The summed E-state index contributed by atoms with van der Waals surface area (Å²) in [6, 6.07) is 17.4. The van der Waals surface area contributed by atoms with Gasteiger partial charge in [0.1, 0.15) is 0 Å². The number of rotatable bonds is 9. The molecule has 0 radical (unpaired) electrons. The van der Waals surface area contributed by atoms with Gasteiger partial charge in [-0.1, -0.05) is 41.4 Å². The molecule has 53 heavy (non-hydrogen) atoms. The molecule has 6 rings (SSSR count). The summed E-state index contributed by atoms with van der Waals surface area (Å²) in [7, 11) is 2.00. The van der Waals surface area contributed by atoms with Crippen LogP contribution in [0.5, 0.6) is 0 Å². The molecular formula is C38H44Cl2F3N7O2S. The highest BCUT2D eigenvalue weighted by molar-refractivity contribution is 7.15. The number of carbonyl (C=O) groups is 2. The van der Waals surface area contributed by atoms with Crippen molar-refractivity contribution in [2.75, 3.05) is 59.4 Å². The van der Waals surface area contributed by atoms with Gasteiger partial charge in [-0.3, -0.25) is 19.5 Å². The molecule has 2 aliphatic heterocycles. The fourth-order valence-corrected chi connectivity index (χ4v) is 7.77. The summed E-state index contributed by atoms with van der Waals surface area (Å²) in [4.78, 5) is 38.5. The van der Waals surface area contributed by atoms with E-state index in [9.17, 15) is 22.8 Å². The largest absolute Gasteiger partial charge is 0.417 e. The van der Waals surface area contributed by atoms with E-state index in [1.54, 1.807) is 17.0 Å². The van der Waals surface area contributed by atoms with Gasteiger partial charge in [-0.2, -0.15) is 13.2 Å². The third-order valence-corrected chi connectivity index (χ3v) is 10.9. The van der Waals surface area contributed by atoms with E-state index < -0.39 is 23.8 Å². The summed E-state index contributed by atoms with van der Waals surface area (Å²) in [6.45, 7) is 6.92. The zero-order chi connectivity index (χ0) is 38.1. The molecule has 2 aromatic carbocycles. The summed E-state index contributed by atoms with van der Waals surface area (Å²) in [5, 5.41) is 0.703. The van der Waals surface area contributed by atoms with Crippen molar-refractivity contribution in [2.45, 2.75) is 37.6 Å². The number of thiophene rings is 1. The zero-order valence-electron chi connectivity index (χ0n) is 29.4. The van der Waals surface area contributed by atoms with Gasteiger partial charge in [-0.25, -0.2) is 0 Å². The number of halogens is 5. The highest BCUT2D eigenvalue weighted by Gasteiger charge is 2.34. The van der Waals surface area contributed by atoms with Crippen LogP contribution in [0.1, 0.15) is 21.6 Å². The van der Waals surface area contributed by atoms with Gasteiger partial charge in [0, 0.05) is 103 Å². The molecule has 2 saturated heterocycles. The van der Waals surface area contributed by atoms with Crippen molar-refractivity contribution < 1.29 is 22.8 Å². The third kappa shape index (κ3) is 11.7. The number of piperazine rings is 2. The smallest absolute Gasteiger partial charge is 0.339 e. The van der Waals surface area contributed by atoms with Crippen LogP contribution in [0.4, 0.5) is 13.2 Å². The second-order valence-corrected chi connectivity index (χ2v) is 15.3. The molecule has 0 bridgehead atoms. The lowest BCUT2D eigenvalue weighted by molar-refractivity contribution is -0.137. The number of alkyl halides is 3. The van der Waals surface area contributed by atoms with Gasteiger partial charge in [0.2, 0.25) is 11.8 Å². The van der Waals surface area contributed by atoms with E-state index in [4.69, 9.17) is 34.7 Å². The molecule has 2 atom stereocenters. The lowest BCUT2D eigenvalue weighted by Crippen LogP contribution is -2.53. The second kappa shape index (κ2) is 18.7. The van der Waals surface area contributed by atoms with Crippen molar-refractivity contribution in [1.82, 2.24) is 24.6 Å². The molecule has 4 heterocycles. The number of nitrogens with two attached hydrogens (primary N) is 2. The van der Waals surface area contributed by atoms with Gasteiger partial charge < -0.3 is 26.2 Å². The molecule has 0 saturated carbocycles. The predicted molar refractivity (Wildman–Crippen MR) is 205 cm³/mol. The van der Waals surface area contributed by atoms with E-state index >= 15 is 0 Å². The first-order chi connectivity index (χ1) is 25.3. The SMILES string of the molecule is CN1CCN(C(=O)C(N)Cc2ccc(-c3ccc(Cl)cc3C(F)(F)F)s2)CC1.NC(Cc1cccc(Cl)c1)C(=O)N1CCN(Cc2ccncc2)CC1. The number of aromatic nitrogens is 1. The van der Waals surface area contributed by atoms with Crippen LogP contribution in [-0.4, -0.2) is 108 Å². The van der Waals surface area contributed by atoms with E-state index in [0.29, 0.717) is 48.9 Å². The van der Waals surface area contributed by atoms with Gasteiger partial charge in [0.15, 0.2) is 0 Å².